The van der Waals surface area contributed by atoms with Gasteiger partial charge in [0.05, 0.1) is 12.1 Å². The number of hydrogen-bond donors (Lipinski definition) is 4. The lowest BCUT2D eigenvalue weighted by Crippen LogP contribution is -2.49. The minimum absolute atomic E-state index is 0.00611. The molecule has 0 heterocycles. The van der Waals surface area contributed by atoms with Crippen LogP contribution in [0, 0.1) is 18.6 Å². The van der Waals surface area contributed by atoms with Crippen LogP contribution in [0.4, 0.5) is 8.78 Å². The molecule has 39 heavy (non-hydrogen) atoms. The first-order valence-corrected chi connectivity index (χ1v) is 13.8. The second-order valence-electron chi connectivity index (χ2n) is 10.00. The largest absolute Gasteiger partial charge is 0.396 e. The van der Waals surface area contributed by atoms with E-state index in [1.165, 1.54) is 12.1 Å². The highest BCUT2D eigenvalue weighted by molar-refractivity contribution is 6.00. The smallest absolute Gasteiger partial charge is 0.253 e. The Labute approximate surface area is 230 Å². The fraction of sp³-hybridized carbons (Fsp3) is 0.533. The zero-order chi connectivity index (χ0) is 28.8. The highest BCUT2D eigenvalue weighted by Crippen LogP contribution is 2.16. The highest BCUT2D eigenvalue weighted by Gasteiger charge is 2.24. The third-order valence-corrected chi connectivity index (χ3v) is 6.38. The van der Waals surface area contributed by atoms with Crippen molar-refractivity contribution in [2.45, 2.75) is 71.4 Å². The summed E-state index contributed by atoms with van der Waals surface area (Å²) in [4.78, 5) is 28.3. The van der Waals surface area contributed by atoms with Gasteiger partial charge in [-0.05, 0) is 93.5 Å². The third kappa shape index (κ3) is 11.0. The monoisotopic (exact) mass is 547 g/mol. The van der Waals surface area contributed by atoms with Crippen molar-refractivity contribution >= 4 is 11.8 Å². The minimum atomic E-state index is -1.05. The molecule has 2 aromatic carbocycles. The Kier molecular flexibility index (Phi) is 14.0. The number of halogens is 2. The SMILES string of the molecule is CCCN(CCC)C(=O)c1cc(C)cc(C(=O)N[C@@H](Cc2cc(F)cc(F)c2)[C@H](O)CNCCCCCO)c1. The minimum Gasteiger partial charge on any atom is -0.396 e. The van der Waals surface area contributed by atoms with E-state index < -0.39 is 29.7 Å². The first kappa shape index (κ1) is 32.3. The molecule has 0 aliphatic heterocycles. The molecule has 9 heteroatoms. The van der Waals surface area contributed by atoms with E-state index in [4.69, 9.17) is 5.11 Å². The summed E-state index contributed by atoms with van der Waals surface area (Å²) >= 11 is 0. The van der Waals surface area contributed by atoms with Crippen LogP contribution in [0.15, 0.2) is 36.4 Å². The molecule has 0 unspecified atom stereocenters. The first-order valence-electron chi connectivity index (χ1n) is 13.8. The summed E-state index contributed by atoms with van der Waals surface area (Å²) in [6.45, 7) is 7.95. The number of carbonyl (C=O) groups is 2. The Morgan fingerprint density at radius 3 is 2.18 bits per heavy atom. The predicted molar refractivity (Wildman–Crippen MR) is 149 cm³/mol. The third-order valence-electron chi connectivity index (χ3n) is 6.38. The van der Waals surface area contributed by atoms with Gasteiger partial charge in [0.25, 0.3) is 11.8 Å². The van der Waals surface area contributed by atoms with Crippen LogP contribution in [0.25, 0.3) is 0 Å². The Morgan fingerprint density at radius 1 is 0.923 bits per heavy atom. The number of aliphatic hydroxyl groups is 2. The maximum Gasteiger partial charge on any atom is 0.253 e. The van der Waals surface area contributed by atoms with Crippen LogP contribution in [0.3, 0.4) is 0 Å². The number of carbonyl (C=O) groups excluding carboxylic acids is 2. The summed E-state index contributed by atoms with van der Waals surface area (Å²) < 4.78 is 27.7. The maximum atomic E-state index is 13.8. The highest BCUT2D eigenvalue weighted by atomic mass is 19.1. The first-order chi connectivity index (χ1) is 18.7. The molecule has 4 N–H and O–H groups in total. The lowest BCUT2D eigenvalue weighted by atomic mass is 9.99. The molecule has 2 atom stereocenters. The zero-order valence-corrected chi connectivity index (χ0v) is 23.3. The normalized spacial score (nSPS) is 12.7. The van der Waals surface area contributed by atoms with Gasteiger partial charge in [0.1, 0.15) is 11.6 Å². The average Bonchev–Trinajstić information content (AvgIpc) is 2.88. The van der Waals surface area contributed by atoms with Gasteiger partial charge in [-0.15, -0.1) is 0 Å². The van der Waals surface area contributed by atoms with Gasteiger partial charge >= 0.3 is 0 Å². The number of hydrogen-bond acceptors (Lipinski definition) is 5. The number of rotatable bonds is 17. The average molecular weight is 548 g/mol. The van der Waals surface area contributed by atoms with Crippen molar-refractivity contribution in [3.05, 3.63) is 70.3 Å². The second kappa shape index (κ2) is 16.9. The van der Waals surface area contributed by atoms with Crippen molar-refractivity contribution < 1.29 is 28.6 Å². The van der Waals surface area contributed by atoms with Crippen LogP contribution in [0.1, 0.15) is 77.8 Å². The van der Waals surface area contributed by atoms with Gasteiger partial charge < -0.3 is 25.7 Å². The van der Waals surface area contributed by atoms with E-state index in [0.717, 1.165) is 37.3 Å². The molecule has 0 bridgehead atoms. The topological polar surface area (TPSA) is 102 Å². The molecule has 0 aliphatic rings. The van der Waals surface area contributed by atoms with Crippen LogP contribution in [-0.4, -0.2) is 71.9 Å². The van der Waals surface area contributed by atoms with E-state index in [9.17, 15) is 23.5 Å². The molecule has 0 aliphatic carbocycles. The lowest BCUT2D eigenvalue weighted by Gasteiger charge is -2.25. The van der Waals surface area contributed by atoms with Gasteiger partial charge in [-0.2, -0.15) is 0 Å². The molecule has 0 saturated heterocycles. The molecule has 7 nitrogen and oxygen atoms in total. The molecule has 0 fully saturated rings. The van der Waals surface area contributed by atoms with E-state index in [0.29, 0.717) is 37.2 Å². The molecule has 0 saturated carbocycles. The number of unbranched alkanes of at least 4 members (excludes halogenated alkanes) is 2. The molecule has 2 rings (SSSR count). The van der Waals surface area contributed by atoms with Crippen molar-refractivity contribution in [3.8, 4) is 0 Å². The van der Waals surface area contributed by atoms with Gasteiger partial charge in [-0.3, -0.25) is 9.59 Å². The standard InChI is InChI=1S/C30H43F2N3O4/c1-4-10-35(11-5-2)30(39)24-14-21(3)13-23(18-24)29(38)34-27(17-22-15-25(31)19-26(32)16-22)28(37)20-33-9-7-6-8-12-36/h13-16,18-19,27-28,33,36-37H,4-12,17,20H2,1-3H3,(H,34,38)/t27-,28+/m0/s1. The summed E-state index contributed by atoms with van der Waals surface area (Å²) in [5.41, 5.74) is 1.73. The molecular weight excluding hydrogens is 504 g/mol. The van der Waals surface area contributed by atoms with Crippen LogP contribution in [-0.2, 0) is 6.42 Å². The summed E-state index contributed by atoms with van der Waals surface area (Å²) in [5, 5.41) is 25.8. The molecular formula is C30H43F2N3O4. The van der Waals surface area contributed by atoms with Gasteiger partial charge in [-0.1, -0.05) is 13.8 Å². The van der Waals surface area contributed by atoms with Crippen LogP contribution in [0.2, 0.25) is 0 Å². The lowest BCUT2D eigenvalue weighted by molar-refractivity contribution is 0.0755. The number of aryl methyl sites for hydroxylation is 1. The van der Waals surface area contributed by atoms with E-state index in [2.05, 4.69) is 10.6 Å². The van der Waals surface area contributed by atoms with Gasteiger partial charge in [-0.25, -0.2) is 8.78 Å². The Morgan fingerprint density at radius 2 is 1.56 bits per heavy atom. The van der Waals surface area contributed by atoms with Gasteiger partial charge in [0.2, 0.25) is 0 Å². The van der Waals surface area contributed by atoms with Crippen molar-refractivity contribution in [1.29, 1.82) is 0 Å². The summed E-state index contributed by atoms with van der Waals surface area (Å²) in [5.74, 6) is -2.11. The van der Waals surface area contributed by atoms with E-state index >= 15 is 0 Å². The van der Waals surface area contributed by atoms with Crippen LogP contribution >= 0.6 is 0 Å². The van der Waals surface area contributed by atoms with Crippen LogP contribution < -0.4 is 10.6 Å². The predicted octanol–water partition coefficient (Wildman–Crippen LogP) is 3.99. The number of benzene rings is 2. The van der Waals surface area contributed by atoms with Crippen molar-refractivity contribution in [2.75, 3.05) is 32.8 Å². The Balaban J connectivity index is 2.23. The maximum absolute atomic E-state index is 13.8. The molecule has 0 spiro atoms. The quantitative estimate of drug-likeness (QED) is 0.224. The molecule has 2 amide bonds. The van der Waals surface area contributed by atoms with Crippen LogP contribution in [0.5, 0.6) is 0 Å². The van der Waals surface area contributed by atoms with Gasteiger partial charge in [0, 0.05) is 43.4 Å². The van der Waals surface area contributed by atoms with Crippen molar-refractivity contribution in [2.24, 2.45) is 0 Å². The molecule has 2 aromatic rings. The summed E-state index contributed by atoms with van der Waals surface area (Å²) in [7, 11) is 0. The number of aliphatic hydroxyl groups excluding tert-OH is 2. The zero-order valence-electron chi connectivity index (χ0n) is 23.3. The second-order valence-corrected chi connectivity index (χ2v) is 10.00. The summed E-state index contributed by atoms with van der Waals surface area (Å²) in [6, 6.07) is 7.25. The van der Waals surface area contributed by atoms with Crippen molar-refractivity contribution in [1.82, 2.24) is 15.5 Å². The number of nitrogens with one attached hydrogen (secondary N) is 2. The van der Waals surface area contributed by atoms with E-state index in [-0.39, 0.29) is 31.0 Å². The number of nitrogens with zero attached hydrogens (tertiary/aromatic N) is 1. The van der Waals surface area contributed by atoms with E-state index in [1.807, 2.05) is 13.8 Å². The fourth-order valence-electron chi connectivity index (χ4n) is 4.52. The number of amides is 2. The Hall–Kier alpha value is -2.88. The molecule has 216 valence electrons. The van der Waals surface area contributed by atoms with Gasteiger partial charge in [0.15, 0.2) is 0 Å². The fourth-order valence-corrected chi connectivity index (χ4v) is 4.52. The van der Waals surface area contributed by atoms with E-state index in [1.54, 1.807) is 30.0 Å². The van der Waals surface area contributed by atoms with Crippen molar-refractivity contribution in [3.63, 3.8) is 0 Å². The molecule has 0 radical (unpaired) electrons. The molecule has 0 aromatic heterocycles. The Bertz CT molecular complexity index is 1040. The summed E-state index contributed by atoms with van der Waals surface area (Å²) in [6.07, 6.45) is 2.95.